The van der Waals surface area contributed by atoms with Crippen LogP contribution >= 0.6 is 0 Å². The van der Waals surface area contributed by atoms with Gasteiger partial charge in [-0.25, -0.2) is 5.90 Å². The van der Waals surface area contributed by atoms with Crippen molar-refractivity contribution in [2.45, 2.75) is 38.7 Å². The first kappa shape index (κ1) is 22.0. The third-order valence-electron chi connectivity index (χ3n) is 2.38. The van der Waals surface area contributed by atoms with Crippen molar-refractivity contribution in [3.63, 3.8) is 0 Å². The Bertz CT molecular complexity index is 149. The molecule has 0 amide bonds. The summed E-state index contributed by atoms with van der Waals surface area (Å²) in [4.78, 5) is 4.27. The molecule has 0 fully saturated rings. The van der Waals surface area contributed by atoms with Crippen molar-refractivity contribution in [1.29, 1.82) is 0 Å². The fourth-order valence-electron chi connectivity index (χ4n) is 1.04. The molecule has 7 nitrogen and oxygen atoms in total. The van der Waals surface area contributed by atoms with Gasteiger partial charge in [0, 0.05) is 33.0 Å². The van der Waals surface area contributed by atoms with Gasteiger partial charge in [0.15, 0.2) is 0 Å². The van der Waals surface area contributed by atoms with Crippen LogP contribution in [0.1, 0.15) is 32.6 Å². The third-order valence-corrected chi connectivity index (χ3v) is 2.38. The lowest BCUT2D eigenvalue weighted by Gasteiger charge is -2.04. The second kappa shape index (κ2) is 21.0. The smallest absolute Gasteiger partial charge is 0.0881 e. The zero-order chi connectivity index (χ0) is 15.5. The van der Waals surface area contributed by atoms with E-state index in [4.69, 9.17) is 32.6 Å². The monoisotopic (exact) mass is 294 g/mol. The summed E-state index contributed by atoms with van der Waals surface area (Å²) < 4.78 is 10.7. The highest BCUT2D eigenvalue weighted by Gasteiger charge is 1.91. The molecule has 0 aliphatic heterocycles. The maximum atomic E-state index is 5.35. The van der Waals surface area contributed by atoms with E-state index in [0.717, 1.165) is 52.1 Å². The molecule has 1 atom stereocenters. The van der Waals surface area contributed by atoms with Gasteiger partial charge in [-0.15, -0.1) is 0 Å². The third kappa shape index (κ3) is 22.9. The molecule has 0 saturated carbocycles. The number of nitrogens with two attached hydrogens (primary N) is 4. The molecule has 0 aliphatic carbocycles. The first-order valence-corrected chi connectivity index (χ1v) is 7.34. The summed E-state index contributed by atoms with van der Waals surface area (Å²) in [5, 5.41) is 0. The number of unbranched alkanes of at least 4 members (excludes halogenated alkanes) is 1. The van der Waals surface area contributed by atoms with E-state index in [2.05, 4.69) is 4.84 Å². The minimum Gasteiger partial charge on any atom is -0.381 e. The Balaban J connectivity index is 0. The van der Waals surface area contributed by atoms with Crippen LogP contribution in [0.15, 0.2) is 0 Å². The van der Waals surface area contributed by atoms with E-state index in [0.29, 0.717) is 19.6 Å². The fraction of sp³-hybridized carbons (Fsp3) is 1.00. The molecule has 0 aromatic rings. The molecular weight excluding hydrogens is 260 g/mol. The Labute approximate surface area is 123 Å². The van der Waals surface area contributed by atoms with Gasteiger partial charge in [-0.1, -0.05) is 0 Å². The normalized spacial score (nSPS) is 11.8. The predicted octanol–water partition coefficient (Wildman–Crippen LogP) is -0.279. The second-order valence-electron chi connectivity index (χ2n) is 4.40. The SMILES string of the molecule is CC(CN)ON.NCCCOCCCCOCCCN. The summed E-state index contributed by atoms with van der Waals surface area (Å²) in [5.41, 5.74) is 15.7. The van der Waals surface area contributed by atoms with Crippen LogP contribution in [-0.2, 0) is 14.3 Å². The second-order valence-corrected chi connectivity index (χ2v) is 4.40. The van der Waals surface area contributed by atoms with Crippen molar-refractivity contribution in [2.24, 2.45) is 23.1 Å². The Morgan fingerprint density at radius 2 is 1.15 bits per heavy atom. The standard InChI is InChI=1S/C10H24N2O2.C3H10N2O/c11-5-3-9-13-7-1-2-8-14-10-4-6-12;1-3(2-4)6-5/h1-12H2;3H,2,4-5H2,1H3. The molecule has 20 heavy (non-hydrogen) atoms. The summed E-state index contributed by atoms with van der Waals surface area (Å²) in [5.74, 6) is 4.70. The van der Waals surface area contributed by atoms with E-state index >= 15 is 0 Å². The van der Waals surface area contributed by atoms with Gasteiger partial charge in [0.05, 0.1) is 6.10 Å². The lowest BCUT2D eigenvalue weighted by atomic mass is 10.3. The van der Waals surface area contributed by atoms with Crippen LogP contribution in [0.25, 0.3) is 0 Å². The van der Waals surface area contributed by atoms with Gasteiger partial charge in [0.2, 0.25) is 0 Å². The zero-order valence-corrected chi connectivity index (χ0v) is 12.9. The number of rotatable bonds is 13. The van der Waals surface area contributed by atoms with Crippen LogP contribution in [0.5, 0.6) is 0 Å². The van der Waals surface area contributed by atoms with E-state index in [1.54, 1.807) is 6.92 Å². The maximum Gasteiger partial charge on any atom is 0.0881 e. The minimum absolute atomic E-state index is 0.00926. The molecule has 0 spiro atoms. The highest BCUT2D eigenvalue weighted by Crippen LogP contribution is 1.92. The highest BCUT2D eigenvalue weighted by atomic mass is 16.6. The van der Waals surface area contributed by atoms with Crippen molar-refractivity contribution in [3.05, 3.63) is 0 Å². The molecule has 0 rings (SSSR count). The van der Waals surface area contributed by atoms with Crippen molar-refractivity contribution >= 4 is 0 Å². The van der Waals surface area contributed by atoms with Gasteiger partial charge in [-0.2, -0.15) is 0 Å². The maximum absolute atomic E-state index is 5.35. The minimum atomic E-state index is -0.00926. The quantitative estimate of drug-likeness (QED) is 0.271. The topological polar surface area (TPSA) is 132 Å². The van der Waals surface area contributed by atoms with Crippen molar-refractivity contribution in [2.75, 3.05) is 46.1 Å². The largest absolute Gasteiger partial charge is 0.381 e. The molecule has 7 heteroatoms. The van der Waals surface area contributed by atoms with Gasteiger partial charge in [0.25, 0.3) is 0 Å². The Morgan fingerprint density at radius 1 is 0.750 bits per heavy atom. The molecule has 0 aromatic heterocycles. The predicted molar refractivity (Wildman–Crippen MR) is 82.0 cm³/mol. The zero-order valence-electron chi connectivity index (χ0n) is 12.9. The van der Waals surface area contributed by atoms with Crippen LogP contribution in [0.3, 0.4) is 0 Å². The first-order chi connectivity index (χ1) is 9.72. The van der Waals surface area contributed by atoms with Crippen LogP contribution in [0.2, 0.25) is 0 Å². The molecule has 0 saturated heterocycles. The van der Waals surface area contributed by atoms with Crippen LogP contribution in [0, 0.1) is 0 Å². The molecule has 0 aromatic carbocycles. The van der Waals surface area contributed by atoms with E-state index in [-0.39, 0.29) is 6.10 Å². The molecule has 124 valence electrons. The number of ether oxygens (including phenoxy) is 2. The van der Waals surface area contributed by atoms with Gasteiger partial charge in [-0.05, 0) is 45.7 Å². The lowest BCUT2D eigenvalue weighted by molar-refractivity contribution is 0.0728. The molecular formula is C13H34N4O3. The first-order valence-electron chi connectivity index (χ1n) is 7.34. The van der Waals surface area contributed by atoms with E-state index in [1.807, 2.05) is 0 Å². The van der Waals surface area contributed by atoms with Gasteiger partial charge < -0.3 is 31.5 Å². The lowest BCUT2D eigenvalue weighted by Crippen LogP contribution is -2.22. The van der Waals surface area contributed by atoms with Gasteiger partial charge >= 0.3 is 0 Å². The van der Waals surface area contributed by atoms with Crippen LogP contribution < -0.4 is 23.1 Å². The summed E-state index contributed by atoms with van der Waals surface area (Å²) in [6, 6.07) is 0. The van der Waals surface area contributed by atoms with Gasteiger partial charge in [-0.3, -0.25) is 0 Å². The summed E-state index contributed by atoms with van der Waals surface area (Å²) in [6.07, 6.45) is 4.02. The Hall–Kier alpha value is -0.280. The van der Waals surface area contributed by atoms with E-state index in [9.17, 15) is 0 Å². The highest BCUT2D eigenvalue weighted by molar-refractivity contribution is 4.43. The van der Waals surface area contributed by atoms with E-state index in [1.165, 1.54) is 0 Å². The van der Waals surface area contributed by atoms with Crippen LogP contribution in [0.4, 0.5) is 0 Å². The number of hydrogen-bond donors (Lipinski definition) is 4. The average Bonchev–Trinajstić information content (AvgIpc) is 2.49. The molecule has 0 heterocycles. The van der Waals surface area contributed by atoms with Gasteiger partial charge in [0.1, 0.15) is 0 Å². The van der Waals surface area contributed by atoms with Crippen molar-refractivity contribution < 1.29 is 14.3 Å². The molecule has 8 N–H and O–H groups in total. The van der Waals surface area contributed by atoms with Crippen molar-refractivity contribution in [3.8, 4) is 0 Å². The number of hydrogen-bond acceptors (Lipinski definition) is 7. The summed E-state index contributed by atoms with van der Waals surface area (Å²) in [6.45, 7) is 6.91. The van der Waals surface area contributed by atoms with Crippen LogP contribution in [-0.4, -0.2) is 52.2 Å². The fourth-order valence-corrected chi connectivity index (χ4v) is 1.04. The molecule has 0 aliphatic rings. The van der Waals surface area contributed by atoms with E-state index < -0.39 is 0 Å². The Kier molecular flexibility index (Phi) is 23.1. The molecule has 1 unspecified atom stereocenters. The summed E-state index contributed by atoms with van der Waals surface area (Å²) >= 11 is 0. The van der Waals surface area contributed by atoms with Crippen molar-refractivity contribution in [1.82, 2.24) is 0 Å². The molecule has 0 radical (unpaired) electrons. The average molecular weight is 294 g/mol. The molecule has 0 bridgehead atoms. The summed E-state index contributed by atoms with van der Waals surface area (Å²) in [7, 11) is 0. The Morgan fingerprint density at radius 3 is 1.40 bits per heavy atom.